The monoisotopic (exact) mass is 223 g/mol. The van der Waals surface area contributed by atoms with E-state index in [0.717, 1.165) is 31.4 Å². The molecule has 2 rings (SSSR count). The smallest absolute Gasteiger partial charge is 0.224 e. The summed E-state index contributed by atoms with van der Waals surface area (Å²) in [6.07, 6.45) is 5.56. The molecule has 5 heteroatoms. The van der Waals surface area contributed by atoms with Crippen LogP contribution in [0, 0.1) is 5.92 Å². The zero-order valence-corrected chi connectivity index (χ0v) is 9.19. The van der Waals surface area contributed by atoms with Gasteiger partial charge in [0, 0.05) is 12.1 Å². The van der Waals surface area contributed by atoms with E-state index in [0.29, 0.717) is 6.54 Å². The SMILES string of the molecule is NC1CCCCC1C(=O)NCc1ccon1. The Labute approximate surface area is 94.4 Å². The molecule has 1 aromatic rings. The molecule has 88 valence electrons. The van der Waals surface area contributed by atoms with Crippen LogP contribution in [0.25, 0.3) is 0 Å². The lowest BCUT2D eigenvalue weighted by Crippen LogP contribution is -2.43. The van der Waals surface area contributed by atoms with E-state index in [1.54, 1.807) is 6.07 Å². The fraction of sp³-hybridized carbons (Fsp3) is 0.636. The molecule has 0 spiro atoms. The topological polar surface area (TPSA) is 81.2 Å². The number of nitrogens with zero attached hydrogens (tertiary/aromatic N) is 1. The van der Waals surface area contributed by atoms with E-state index in [1.807, 2.05) is 0 Å². The number of nitrogens with one attached hydrogen (secondary N) is 1. The van der Waals surface area contributed by atoms with Gasteiger partial charge in [-0.15, -0.1) is 0 Å². The number of nitrogens with two attached hydrogens (primary N) is 1. The lowest BCUT2D eigenvalue weighted by Gasteiger charge is -2.27. The molecule has 1 aliphatic carbocycles. The number of aromatic nitrogens is 1. The summed E-state index contributed by atoms with van der Waals surface area (Å²) in [7, 11) is 0. The van der Waals surface area contributed by atoms with Gasteiger partial charge in [-0.25, -0.2) is 0 Å². The van der Waals surface area contributed by atoms with Gasteiger partial charge in [-0.1, -0.05) is 18.0 Å². The van der Waals surface area contributed by atoms with Crippen LogP contribution in [0.2, 0.25) is 0 Å². The minimum atomic E-state index is -0.0411. The van der Waals surface area contributed by atoms with E-state index in [1.165, 1.54) is 6.26 Å². The minimum Gasteiger partial charge on any atom is -0.364 e. The Morgan fingerprint density at radius 1 is 1.56 bits per heavy atom. The fourth-order valence-electron chi connectivity index (χ4n) is 2.12. The molecule has 2 atom stereocenters. The third-order valence-electron chi connectivity index (χ3n) is 3.09. The van der Waals surface area contributed by atoms with Crippen molar-refractivity contribution in [1.82, 2.24) is 10.5 Å². The van der Waals surface area contributed by atoms with Gasteiger partial charge >= 0.3 is 0 Å². The molecule has 2 unspecified atom stereocenters. The highest BCUT2D eigenvalue weighted by atomic mass is 16.5. The number of amides is 1. The molecule has 1 heterocycles. The third kappa shape index (κ3) is 2.61. The maximum absolute atomic E-state index is 11.9. The lowest BCUT2D eigenvalue weighted by atomic mass is 9.84. The highest BCUT2D eigenvalue weighted by molar-refractivity contribution is 5.79. The summed E-state index contributed by atoms with van der Waals surface area (Å²) in [6, 6.07) is 1.74. The Kier molecular flexibility index (Phi) is 3.56. The number of hydrogen-bond donors (Lipinski definition) is 2. The van der Waals surface area contributed by atoms with Crippen LogP contribution in [0.3, 0.4) is 0 Å². The predicted octanol–water partition coefficient (Wildman–Crippen LogP) is 0.808. The van der Waals surface area contributed by atoms with E-state index in [4.69, 9.17) is 5.73 Å². The van der Waals surface area contributed by atoms with Crippen molar-refractivity contribution in [2.45, 2.75) is 38.3 Å². The first kappa shape index (κ1) is 11.1. The summed E-state index contributed by atoms with van der Waals surface area (Å²) in [5.41, 5.74) is 6.67. The summed E-state index contributed by atoms with van der Waals surface area (Å²) < 4.78 is 4.69. The van der Waals surface area contributed by atoms with Crippen LogP contribution in [0.5, 0.6) is 0 Å². The van der Waals surface area contributed by atoms with Gasteiger partial charge in [-0.2, -0.15) is 0 Å². The van der Waals surface area contributed by atoms with Gasteiger partial charge < -0.3 is 15.6 Å². The Balaban J connectivity index is 1.83. The zero-order chi connectivity index (χ0) is 11.4. The van der Waals surface area contributed by atoms with Crippen molar-refractivity contribution in [1.29, 1.82) is 0 Å². The van der Waals surface area contributed by atoms with Crippen LogP contribution in [0.4, 0.5) is 0 Å². The van der Waals surface area contributed by atoms with Gasteiger partial charge in [0.05, 0.1) is 12.5 Å². The molecule has 3 N–H and O–H groups in total. The van der Waals surface area contributed by atoms with Gasteiger partial charge in [0.2, 0.25) is 5.91 Å². The molecule has 0 aliphatic heterocycles. The minimum absolute atomic E-state index is 0.00561. The summed E-state index contributed by atoms with van der Waals surface area (Å²) >= 11 is 0. The fourth-order valence-corrected chi connectivity index (χ4v) is 2.12. The van der Waals surface area contributed by atoms with Crippen molar-refractivity contribution in [3.8, 4) is 0 Å². The summed E-state index contributed by atoms with van der Waals surface area (Å²) in [6.45, 7) is 0.415. The Morgan fingerprint density at radius 3 is 3.06 bits per heavy atom. The normalized spacial score (nSPS) is 25.3. The van der Waals surface area contributed by atoms with E-state index in [9.17, 15) is 4.79 Å². The molecule has 0 saturated heterocycles. The van der Waals surface area contributed by atoms with Crippen molar-refractivity contribution in [2.24, 2.45) is 11.7 Å². The molecule has 0 bridgehead atoms. The van der Waals surface area contributed by atoms with Gasteiger partial charge in [-0.3, -0.25) is 4.79 Å². The number of carbonyl (C=O) groups is 1. The molecule has 1 saturated carbocycles. The number of carbonyl (C=O) groups excluding carboxylic acids is 1. The zero-order valence-electron chi connectivity index (χ0n) is 9.19. The van der Waals surface area contributed by atoms with E-state index < -0.39 is 0 Å². The third-order valence-corrected chi connectivity index (χ3v) is 3.09. The first-order chi connectivity index (χ1) is 7.77. The van der Waals surface area contributed by atoms with Gasteiger partial charge in [0.1, 0.15) is 12.0 Å². The van der Waals surface area contributed by atoms with Crippen LogP contribution in [-0.4, -0.2) is 17.1 Å². The molecular formula is C11H17N3O2. The summed E-state index contributed by atoms with van der Waals surface area (Å²) in [4.78, 5) is 11.9. The Hall–Kier alpha value is -1.36. The molecule has 0 radical (unpaired) electrons. The highest BCUT2D eigenvalue weighted by Crippen LogP contribution is 2.22. The molecular weight excluding hydrogens is 206 g/mol. The van der Waals surface area contributed by atoms with E-state index in [2.05, 4.69) is 15.0 Å². The average molecular weight is 223 g/mol. The van der Waals surface area contributed by atoms with Crippen molar-refractivity contribution < 1.29 is 9.32 Å². The molecule has 0 aromatic carbocycles. The van der Waals surface area contributed by atoms with Crippen molar-refractivity contribution >= 4 is 5.91 Å². The molecule has 5 nitrogen and oxygen atoms in total. The second-order valence-electron chi connectivity index (χ2n) is 4.26. The van der Waals surface area contributed by atoms with Crippen LogP contribution in [0.15, 0.2) is 16.9 Å². The molecule has 16 heavy (non-hydrogen) atoms. The quantitative estimate of drug-likeness (QED) is 0.794. The van der Waals surface area contributed by atoms with Crippen LogP contribution in [0.1, 0.15) is 31.4 Å². The highest BCUT2D eigenvalue weighted by Gasteiger charge is 2.27. The molecule has 1 amide bonds. The summed E-state index contributed by atoms with van der Waals surface area (Å²) in [5.74, 6) is -0.00384. The second-order valence-corrected chi connectivity index (χ2v) is 4.26. The molecule has 1 aliphatic rings. The first-order valence-electron chi connectivity index (χ1n) is 5.70. The van der Waals surface area contributed by atoms with Gasteiger partial charge in [-0.05, 0) is 12.8 Å². The predicted molar refractivity (Wildman–Crippen MR) is 58.3 cm³/mol. The van der Waals surface area contributed by atoms with Crippen LogP contribution < -0.4 is 11.1 Å². The maximum atomic E-state index is 11.9. The van der Waals surface area contributed by atoms with Gasteiger partial charge in [0.25, 0.3) is 0 Å². The van der Waals surface area contributed by atoms with Crippen molar-refractivity contribution in [3.05, 3.63) is 18.0 Å². The lowest BCUT2D eigenvalue weighted by molar-refractivity contribution is -0.126. The van der Waals surface area contributed by atoms with Crippen LogP contribution >= 0.6 is 0 Å². The first-order valence-corrected chi connectivity index (χ1v) is 5.70. The number of rotatable bonds is 3. The Morgan fingerprint density at radius 2 is 2.38 bits per heavy atom. The molecule has 1 aromatic heterocycles. The second kappa shape index (κ2) is 5.12. The van der Waals surface area contributed by atoms with Crippen molar-refractivity contribution in [2.75, 3.05) is 0 Å². The average Bonchev–Trinajstić information content (AvgIpc) is 2.79. The van der Waals surface area contributed by atoms with Crippen molar-refractivity contribution in [3.63, 3.8) is 0 Å². The maximum Gasteiger partial charge on any atom is 0.224 e. The van der Waals surface area contributed by atoms with E-state index in [-0.39, 0.29) is 17.9 Å². The number of hydrogen-bond acceptors (Lipinski definition) is 4. The Bertz CT molecular complexity index is 337. The van der Waals surface area contributed by atoms with E-state index >= 15 is 0 Å². The standard InChI is InChI=1S/C11H17N3O2/c12-10-4-2-1-3-9(10)11(15)13-7-8-5-6-16-14-8/h5-6,9-10H,1-4,7,12H2,(H,13,15). The molecule has 1 fully saturated rings. The van der Waals surface area contributed by atoms with Gasteiger partial charge in [0.15, 0.2) is 0 Å². The van der Waals surface area contributed by atoms with Crippen LogP contribution in [-0.2, 0) is 11.3 Å². The summed E-state index contributed by atoms with van der Waals surface area (Å²) in [5, 5.41) is 6.58. The largest absolute Gasteiger partial charge is 0.364 e.